The highest BCUT2D eigenvalue weighted by Crippen LogP contribution is 2.36. The molecule has 0 aliphatic carbocycles. The van der Waals surface area contributed by atoms with E-state index in [2.05, 4.69) is 14.5 Å². The van der Waals surface area contributed by atoms with Crippen LogP contribution in [0.5, 0.6) is 17.4 Å². The van der Waals surface area contributed by atoms with Crippen molar-refractivity contribution in [3.63, 3.8) is 0 Å². The van der Waals surface area contributed by atoms with Crippen molar-refractivity contribution in [3.8, 4) is 17.4 Å². The molecule has 0 aliphatic heterocycles. The molecule has 1 aromatic rings. The highest BCUT2D eigenvalue weighted by molar-refractivity contribution is 5.47. The summed E-state index contributed by atoms with van der Waals surface area (Å²) in [6.07, 6.45) is -4.35. The summed E-state index contributed by atoms with van der Waals surface area (Å²) in [5.74, 6) is -2.08. The number of nitrogens with zero attached hydrogens (tertiary/aromatic N) is 1. The van der Waals surface area contributed by atoms with E-state index in [1.165, 1.54) is 0 Å². The Kier molecular flexibility index (Phi) is 3.41. The molecule has 0 saturated heterocycles. The molecule has 0 fully saturated rings. The number of alkyl halides is 4. The van der Waals surface area contributed by atoms with Crippen molar-refractivity contribution in [1.82, 2.24) is 4.98 Å². The molecule has 4 nitrogen and oxygen atoms in total. The Morgan fingerprint density at radius 3 is 2.50 bits per heavy atom. The van der Waals surface area contributed by atoms with Gasteiger partial charge in [0.25, 0.3) is 5.88 Å². The number of hydrogen-bond acceptors (Lipinski definition) is 4. The molecule has 8 heteroatoms. The predicted octanol–water partition coefficient (Wildman–Crippen LogP) is 2.16. The van der Waals surface area contributed by atoms with Crippen molar-refractivity contribution < 1.29 is 32.1 Å². The minimum atomic E-state index is -4.98. The molecule has 0 aromatic carbocycles. The Bertz CT molecular complexity index is 380. The third kappa shape index (κ3) is 2.65. The van der Waals surface area contributed by atoms with E-state index in [-0.39, 0.29) is 5.88 Å². The van der Waals surface area contributed by atoms with E-state index < -0.39 is 30.1 Å². The number of rotatable bonds is 3. The minimum Gasteiger partial charge on any atom is -0.503 e. The number of halogens is 4. The summed E-state index contributed by atoms with van der Waals surface area (Å²) in [6.45, 7) is -1.34. The maximum absolute atomic E-state index is 12.4. The summed E-state index contributed by atoms with van der Waals surface area (Å²) in [5.41, 5.74) is -0.663. The van der Waals surface area contributed by atoms with Crippen LogP contribution in [0.3, 0.4) is 0 Å². The molecule has 90 valence electrons. The monoisotopic (exact) mass is 241 g/mol. The van der Waals surface area contributed by atoms with E-state index in [0.29, 0.717) is 6.20 Å². The van der Waals surface area contributed by atoms with Crippen LogP contribution in [-0.2, 0) is 6.67 Å². The standard InChI is InChI=1S/C8H7F4NO3/c1-15-7-6(14)4(2-9)5(3-13-7)16-8(10,11)12/h3,14H,2H2,1H3. The minimum absolute atomic E-state index is 0.373. The van der Waals surface area contributed by atoms with Crippen LogP contribution in [0.15, 0.2) is 6.20 Å². The number of aromatic hydroxyl groups is 1. The largest absolute Gasteiger partial charge is 0.573 e. The van der Waals surface area contributed by atoms with Gasteiger partial charge >= 0.3 is 6.36 Å². The molecule has 1 aromatic heterocycles. The molecule has 1 N–H and O–H groups in total. The van der Waals surface area contributed by atoms with Crippen LogP contribution < -0.4 is 9.47 Å². The lowest BCUT2D eigenvalue weighted by molar-refractivity contribution is -0.275. The van der Waals surface area contributed by atoms with Crippen molar-refractivity contribution in [2.24, 2.45) is 0 Å². The van der Waals surface area contributed by atoms with Crippen LogP contribution >= 0.6 is 0 Å². The van der Waals surface area contributed by atoms with E-state index in [1.807, 2.05) is 0 Å². The van der Waals surface area contributed by atoms with Crippen molar-refractivity contribution >= 4 is 0 Å². The van der Waals surface area contributed by atoms with Crippen molar-refractivity contribution in [2.45, 2.75) is 13.0 Å². The van der Waals surface area contributed by atoms with Gasteiger partial charge < -0.3 is 14.6 Å². The van der Waals surface area contributed by atoms with Gasteiger partial charge in [0.05, 0.1) is 18.9 Å². The molecule has 0 aliphatic rings. The Morgan fingerprint density at radius 2 is 2.06 bits per heavy atom. The molecule has 0 spiro atoms. The van der Waals surface area contributed by atoms with Gasteiger partial charge in [-0.05, 0) is 0 Å². The van der Waals surface area contributed by atoms with E-state index >= 15 is 0 Å². The van der Waals surface area contributed by atoms with Crippen molar-refractivity contribution in [2.75, 3.05) is 7.11 Å². The average molecular weight is 241 g/mol. The lowest BCUT2D eigenvalue weighted by Gasteiger charge is -2.13. The topological polar surface area (TPSA) is 51.6 Å². The summed E-state index contributed by atoms with van der Waals surface area (Å²) in [5, 5.41) is 9.29. The van der Waals surface area contributed by atoms with Gasteiger partial charge in [-0.2, -0.15) is 0 Å². The van der Waals surface area contributed by atoms with Gasteiger partial charge in [-0.25, -0.2) is 9.37 Å². The first-order valence-corrected chi connectivity index (χ1v) is 3.95. The number of methoxy groups -OCH3 is 1. The summed E-state index contributed by atoms with van der Waals surface area (Å²) < 4.78 is 56.1. The molecular weight excluding hydrogens is 234 g/mol. The van der Waals surface area contributed by atoms with E-state index in [4.69, 9.17) is 0 Å². The van der Waals surface area contributed by atoms with Gasteiger partial charge in [0.15, 0.2) is 11.5 Å². The fourth-order valence-corrected chi connectivity index (χ4v) is 0.993. The molecule has 0 saturated carbocycles. The van der Waals surface area contributed by atoms with Gasteiger partial charge in [-0.1, -0.05) is 0 Å². The first-order chi connectivity index (χ1) is 7.39. The molecule has 1 rings (SSSR count). The fraction of sp³-hybridized carbons (Fsp3) is 0.375. The molecule has 0 amide bonds. The van der Waals surface area contributed by atoms with E-state index in [1.54, 1.807) is 0 Å². The first kappa shape index (κ1) is 12.3. The zero-order valence-corrected chi connectivity index (χ0v) is 8.01. The van der Waals surface area contributed by atoms with Gasteiger partial charge in [-0.15, -0.1) is 13.2 Å². The highest BCUT2D eigenvalue weighted by atomic mass is 19.4. The Labute approximate surface area is 87.4 Å². The van der Waals surface area contributed by atoms with Gasteiger partial charge in [-0.3, -0.25) is 0 Å². The van der Waals surface area contributed by atoms with Gasteiger partial charge in [0, 0.05) is 0 Å². The summed E-state index contributed by atoms with van der Waals surface area (Å²) in [4.78, 5) is 3.33. The summed E-state index contributed by atoms with van der Waals surface area (Å²) >= 11 is 0. The predicted molar refractivity (Wildman–Crippen MR) is 43.9 cm³/mol. The third-order valence-corrected chi connectivity index (χ3v) is 1.64. The highest BCUT2D eigenvalue weighted by Gasteiger charge is 2.33. The second-order valence-corrected chi connectivity index (χ2v) is 2.64. The van der Waals surface area contributed by atoms with Crippen molar-refractivity contribution in [3.05, 3.63) is 11.8 Å². The SMILES string of the molecule is COc1ncc(OC(F)(F)F)c(CF)c1O. The number of aromatic nitrogens is 1. The third-order valence-electron chi connectivity index (χ3n) is 1.64. The second kappa shape index (κ2) is 4.42. The average Bonchev–Trinajstić information content (AvgIpc) is 2.16. The van der Waals surface area contributed by atoms with Crippen LogP contribution in [-0.4, -0.2) is 23.6 Å². The van der Waals surface area contributed by atoms with Gasteiger partial charge in [0.2, 0.25) is 0 Å². The zero-order valence-electron chi connectivity index (χ0n) is 8.01. The second-order valence-electron chi connectivity index (χ2n) is 2.64. The fourth-order valence-electron chi connectivity index (χ4n) is 0.993. The van der Waals surface area contributed by atoms with Crippen LogP contribution in [0, 0.1) is 0 Å². The van der Waals surface area contributed by atoms with E-state index in [0.717, 1.165) is 7.11 Å². The summed E-state index contributed by atoms with van der Waals surface area (Å²) in [7, 11) is 1.13. The Morgan fingerprint density at radius 1 is 1.44 bits per heavy atom. The normalized spacial score (nSPS) is 11.3. The lowest BCUT2D eigenvalue weighted by atomic mass is 10.2. The zero-order chi connectivity index (χ0) is 12.3. The first-order valence-electron chi connectivity index (χ1n) is 3.95. The lowest BCUT2D eigenvalue weighted by Crippen LogP contribution is -2.18. The Hall–Kier alpha value is -1.73. The molecule has 0 atom stereocenters. The van der Waals surface area contributed by atoms with Crippen molar-refractivity contribution in [1.29, 1.82) is 0 Å². The molecule has 0 unspecified atom stereocenters. The quantitative estimate of drug-likeness (QED) is 0.824. The Balaban J connectivity index is 3.16. The molecule has 0 bridgehead atoms. The van der Waals surface area contributed by atoms with Crippen LogP contribution in [0.2, 0.25) is 0 Å². The number of hydrogen-bond donors (Lipinski definition) is 1. The molecule has 1 heterocycles. The number of ether oxygens (including phenoxy) is 2. The molecular formula is C8H7F4NO3. The maximum atomic E-state index is 12.4. The molecule has 16 heavy (non-hydrogen) atoms. The van der Waals surface area contributed by atoms with Crippen LogP contribution in [0.4, 0.5) is 17.6 Å². The number of pyridine rings is 1. The summed E-state index contributed by atoms with van der Waals surface area (Å²) in [6, 6.07) is 0. The van der Waals surface area contributed by atoms with Crippen LogP contribution in [0.1, 0.15) is 5.56 Å². The molecule has 0 radical (unpaired) electrons. The van der Waals surface area contributed by atoms with Gasteiger partial charge in [0.1, 0.15) is 6.67 Å². The smallest absolute Gasteiger partial charge is 0.503 e. The van der Waals surface area contributed by atoms with Crippen LogP contribution in [0.25, 0.3) is 0 Å². The maximum Gasteiger partial charge on any atom is 0.573 e. The van der Waals surface area contributed by atoms with E-state index in [9.17, 15) is 22.7 Å².